The first kappa shape index (κ1) is 19.7. The van der Waals surface area contributed by atoms with Crippen molar-refractivity contribution in [3.63, 3.8) is 0 Å². The van der Waals surface area contributed by atoms with Crippen LogP contribution in [0, 0.1) is 5.41 Å². The van der Waals surface area contributed by atoms with Crippen LogP contribution in [0.1, 0.15) is 6.92 Å². The Morgan fingerprint density at radius 2 is 1.68 bits per heavy atom. The molecular weight excluding hydrogens is 308 g/mol. The lowest BCUT2D eigenvalue weighted by atomic mass is 9.88. The van der Waals surface area contributed by atoms with E-state index in [1.54, 1.807) is 30.4 Å². The molecule has 1 aliphatic rings. The van der Waals surface area contributed by atoms with Gasteiger partial charge in [-0.05, 0) is 30.2 Å². The minimum atomic E-state index is 0.223. The largest absolute Gasteiger partial charge is 0.456 e. The van der Waals surface area contributed by atoms with E-state index in [-0.39, 0.29) is 5.71 Å². The minimum Gasteiger partial charge on any atom is -0.456 e. The monoisotopic (exact) mass is 332 g/mol. The number of ether oxygens (including phenoxy) is 1. The molecule has 25 heavy (non-hydrogen) atoms. The van der Waals surface area contributed by atoms with Gasteiger partial charge in [-0.2, -0.15) is 0 Å². The van der Waals surface area contributed by atoms with Crippen LogP contribution in [0.2, 0.25) is 0 Å². The molecule has 1 heterocycles. The molecule has 0 aliphatic carbocycles. The highest BCUT2D eigenvalue weighted by atomic mass is 16.5. The van der Waals surface area contributed by atoms with Gasteiger partial charge in [-0.3, -0.25) is 0 Å². The molecule has 1 aliphatic heterocycles. The predicted molar refractivity (Wildman–Crippen MR) is 108 cm³/mol. The van der Waals surface area contributed by atoms with E-state index in [2.05, 4.69) is 32.9 Å². The molecule has 0 aromatic heterocycles. The number of allylic oxidation sites excluding steroid dienone is 11. The summed E-state index contributed by atoms with van der Waals surface area (Å²) in [5.41, 5.74) is 9.95. The molecule has 0 spiro atoms. The van der Waals surface area contributed by atoms with Gasteiger partial charge in [0.05, 0.1) is 5.71 Å². The van der Waals surface area contributed by atoms with Crippen LogP contribution in [0.25, 0.3) is 0 Å². The summed E-state index contributed by atoms with van der Waals surface area (Å²) in [4.78, 5) is 0. The second-order valence-electron chi connectivity index (χ2n) is 5.18. The Hall–Kier alpha value is -3.33. The van der Waals surface area contributed by atoms with Crippen molar-refractivity contribution in [1.29, 1.82) is 5.41 Å². The molecule has 3 heteroatoms. The van der Waals surface area contributed by atoms with Crippen molar-refractivity contribution in [2.45, 2.75) is 6.92 Å². The van der Waals surface area contributed by atoms with Gasteiger partial charge < -0.3 is 15.9 Å². The topological polar surface area (TPSA) is 59.1 Å². The number of hydrogen-bond donors (Lipinski definition) is 2. The highest BCUT2D eigenvalue weighted by Crippen LogP contribution is 2.38. The van der Waals surface area contributed by atoms with Crippen molar-refractivity contribution < 1.29 is 4.74 Å². The van der Waals surface area contributed by atoms with Crippen molar-refractivity contribution in [2.75, 3.05) is 0 Å². The first-order chi connectivity index (χ1) is 11.9. The van der Waals surface area contributed by atoms with Crippen LogP contribution in [0.5, 0.6) is 0 Å². The Bertz CT molecular complexity index is 796. The van der Waals surface area contributed by atoms with E-state index in [0.717, 1.165) is 22.3 Å². The van der Waals surface area contributed by atoms with Crippen molar-refractivity contribution in [1.82, 2.24) is 0 Å². The summed E-state index contributed by atoms with van der Waals surface area (Å²) < 4.78 is 5.99. The van der Waals surface area contributed by atoms with E-state index in [1.165, 1.54) is 12.2 Å². The van der Waals surface area contributed by atoms with Crippen LogP contribution in [0.4, 0.5) is 0 Å². The average Bonchev–Trinajstić information content (AvgIpc) is 2.60. The summed E-state index contributed by atoms with van der Waals surface area (Å²) in [7, 11) is 0. The Kier molecular flexibility index (Phi) is 7.16. The van der Waals surface area contributed by atoms with Gasteiger partial charge in [-0.15, -0.1) is 0 Å². The van der Waals surface area contributed by atoms with E-state index < -0.39 is 0 Å². The van der Waals surface area contributed by atoms with Crippen molar-refractivity contribution >= 4 is 5.71 Å². The van der Waals surface area contributed by atoms with E-state index in [9.17, 15) is 0 Å². The normalized spacial score (nSPS) is 17.1. The lowest BCUT2D eigenvalue weighted by Crippen LogP contribution is -2.12. The van der Waals surface area contributed by atoms with Gasteiger partial charge in [0.1, 0.15) is 11.5 Å². The predicted octanol–water partition coefficient (Wildman–Crippen LogP) is 5.19. The molecule has 128 valence electrons. The molecule has 0 aromatic rings. The third-order valence-electron chi connectivity index (χ3n) is 3.50. The molecule has 0 saturated carbocycles. The van der Waals surface area contributed by atoms with Gasteiger partial charge in [-0.1, -0.05) is 57.2 Å². The fourth-order valence-corrected chi connectivity index (χ4v) is 2.34. The maximum atomic E-state index is 7.88. The lowest BCUT2D eigenvalue weighted by Gasteiger charge is -2.26. The lowest BCUT2D eigenvalue weighted by molar-refractivity contribution is 0.323. The Morgan fingerprint density at radius 1 is 1.04 bits per heavy atom. The summed E-state index contributed by atoms with van der Waals surface area (Å²) in [6.07, 6.45) is 13.2. The molecule has 0 bridgehead atoms. The van der Waals surface area contributed by atoms with Gasteiger partial charge in [-0.25, -0.2) is 0 Å². The molecule has 0 fully saturated rings. The van der Waals surface area contributed by atoms with Crippen molar-refractivity contribution in [3.05, 3.63) is 121 Å². The second-order valence-corrected chi connectivity index (χ2v) is 5.18. The van der Waals surface area contributed by atoms with Crippen LogP contribution in [0.3, 0.4) is 0 Å². The van der Waals surface area contributed by atoms with E-state index >= 15 is 0 Å². The zero-order valence-electron chi connectivity index (χ0n) is 14.6. The van der Waals surface area contributed by atoms with Gasteiger partial charge in [0.15, 0.2) is 0 Å². The number of hydrogen-bond acceptors (Lipinski definition) is 3. The SMILES string of the molecule is C=C/C=C(\C)C1=C(C=C)/C(=C\C(=N)C=C)OC(/C=C(/N)C=C)=C1C=C. The molecule has 0 atom stereocenters. The van der Waals surface area contributed by atoms with Crippen LogP contribution in [-0.2, 0) is 4.74 Å². The molecule has 0 radical (unpaired) electrons. The summed E-state index contributed by atoms with van der Waals surface area (Å²) in [5, 5.41) is 7.88. The Balaban J connectivity index is 3.87. The molecule has 3 N–H and O–H groups in total. The number of nitrogens with one attached hydrogen (secondary N) is 1. The zero-order valence-corrected chi connectivity index (χ0v) is 14.6. The quantitative estimate of drug-likeness (QED) is 0.474. The van der Waals surface area contributed by atoms with Gasteiger partial charge in [0.2, 0.25) is 0 Å². The fourth-order valence-electron chi connectivity index (χ4n) is 2.34. The molecule has 0 aromatic carbocycles. The Morgan fingerprint density at radius 3 is 2.16 bits per heavy atom. The summed E-state index contributed by atoms with van der Waals surface area (Å²) in [6, 6.07) is 0. The highest BCUT2D eigenvalue weighted by Gasteiger charge is 2.24. The van der Waals surface area contributed by atoms with Gasteiger partial charge >= 0.3 is 0 Å². The number of rotatable bonds is 8. The van der Waals surface area contributed by atoms with E-state index in [4.69, 9.17) is 15.9 Å². The first-order valence-electron chi connectivity index (χ1n) is 7.67. The van der Waals surface area contributed by atoms with Crippen LogP contribution in [0.15, 0.2) is 121 Å². The first-order valence-corrected chi connectivity index (χ1v) is 7.67. The summed E-state index contributed by atoms with van der Waals surface area (Å²) >= 11 is 0. The van der Waals surface area contributed by atoms with Crippen LogP contribution < -0.4 is 5.73 Å². The number of nitrogens with two attached hydrogens (primary N) is 1. The third kappa shape index (κ3) is 4.58. The molecular formula is C22H24N2O. The third-order valence-corrected chi connectivity index (χ3v) is 3.50. The molecule has 1 rings (SSSR count). The maximum absolute atomic E-state index is 7.88. The standard InChI is InChI=1S/C22H24N2O/c1-7-12-15(6)22-18(10-4)20(13-16(23)8-2)25-21(19(22)11-5)14-17(24)9-3/h7-14,23H,1-5,24H2,6H3/b15-12+,17-14+,20-13+,23-16?. The summed E-state index contributed by atoms with van der Waals surface area (Å²) in [5.74, 6) is 1.01. The van der Waals surface area contributed by atoms with Crippen molar-refractivity contribution in [2.24, 2.45) is 5.73 Å². The highest BCUT2D eigenvalue weighted by molar-refractivity contribution is 6.02. The maximum Gasteiger partial charge on any atom is 0.137 e. The van der Waals surface area contributed by atoms with Gasteiger partial charge in [0, 0.05) is 29.0 Å². The Labute approximate surface area is 150 Å². The summed E-state index contributed by atoms with van der Waals surface area (Å²) in [6.45, 7) is 20.8. The molecule has 0 saturated heterocycles. The van der Waals surface area contributed by atoms with Crippen molar-refractivity contribution in [3.8, 4) is 0 Å². The van der Waals surface area contributed by atoms with E-state index in [0.29, 0.717) is 17.2 Å². The molecule has 0 unspecified atom stereocenters. The average molecular weight is 332 g/mol. The van der Waals surface area contributed by atoms with E-state index in [1.807, 2.05) is 13.0 Å². The van der Waals surface area contributed by atoms with Crippen LogP contribution >= 0.6 is 0 Å². The second kappa shape index (κ2) is 9.08. The van der Waals surface area contributed by atoms with Gasteiger partial charge in [0.25, 0.3) is 0 Å². The smallest absolute Gasteiger partial charge is 0.137 e. The van der Waals surface area contributed by atoms with Crippen LogP contribution in [-0.4, -0.2) is 5.71 Å². The molecule has 0 amide bonds. The zero-order chi connectivity index (χ0) is 19.0. The molecule has 3 nitrogen and oxygen atoms in total. The minimum absolute atomic E-state index is 0.223. The fraction of sp³-hybridized carbons (Fsp3) is 0.0455.